The Kier molecular flexibility index (Phi) is 3.77. The molecule has 2 aromatic heterocycles. The summed E-state index contributed by atoms with van der Waals surface area (Å²) in [7, 11) is 0. The third-order valence-corrected chi connectivity index (χ3v) is 7.48. The molecule has 2 atom stereocenters. The zero-order valence-electron chi connectivity index (χ0n) is 16.0. The fourth-order valence-corrected chi connectivity index (χ4v) is 5.47. The summed E-state index contributed by atoms with van der Waals surface area (Å²) in [5.74, 6) is 1.03. The van der Waals surface area contributed by atoms with Crippen LogP contribution in [0.2, 0.25) is 5.02 Å². The van der Waals surface area contributed by atoms with Crippen molar-refractivity contribution < 1.29 is 14.0 Å². The molecule has 4 aliphatic rings. The minimum absolute atomic E-state index is 0.0156. The van der Waals surface area contributed by atoms with Crippen LogP contribution >= 0.6 is 11.6 Å². The van der Waals surface area contributed by atoms with Crippen molar-refractivity contribution in [3.63, 3.8) is 0 Å². The van der Waals surface area contributed by atoms with Crippen LogP contribution in [0.3, 0.4) is 0 Å². The molecule has 0 bridgehead atoms. The Morgan fingerprint density at radius 1 is 1.14 bits per heavy atom. The van der Waals surface area contributed by atoms with E-state index in [1.54, 1.807) is 0 Å². The van der Waals surface area contributed by atoms with Gasteiger partial charge >= 0.3 is 0 Å². The smallest absolute Gasteiger partial charge is 0.276 e. The van der Waals surface area contributed by atoms with Gasteiger partial charge in [-0.3, -0.25) is 9.59 Å². The fourth-order valence-electron chi connectivity index (χ4n) is 5.22. The molecular weight excluding hydrogens is 395 g/mol. The van der Waals surface area contributed by atoms with Crippen LogP contribution in [0.1, 0.15) is 54.1 Å². The first-order valence-electron chi connectivity index (χ1n) is 10.5. The van der Waals surface area contributed by atoms with Crippen molar-refractivity contribution in [2.45, 2.75) is 44.1 Å². The van der Waals surface area contributed by atoms with Crippen LogP contribution in [0.25, 0.3) is 5.52 Å². The van der Waals surface area contributed by atoms with Crippen molar-refractivity contribution in [3.05, 3.63) is 34.4 Å². The number of piperazine rings is 1. The van der Waals surface area contributed by atoms with Gasteiger partial charge in [-0.15, -0.1) is 0 Å². The lowest BCUT2D eigenvalue weighted by Crippen LogP contribution is -2.55. The molecule has 4 fully saturated rings. The Bertz CT molecular complexity index is 1040. The molecule has 0 radical (unpaired) electrons. The predicted molar refractivity (Wildman–Crippen MR) is 104 cm³/mol. The summed E-state index contributed by atoms with van der Waals surface area (Å²) < 4.78 is 15.6. The molecular formula is C21H22ClFN4O2. The highest BCUT2D eigenvalue weighted by molar-refractivity contribution is 6.36. The topological polar surface area (TPSA) is 57.9 Å². The minimum Gasteiger partial charge on any atom is -0.336 e. The average Bonchev–Trinajstić information content (AvgIpc) is 3.62. The van der Waals surface area contributed by atoms with Crippen LogP contribution in [0.5, 0.6) is 0 Å². The lowest BCUT2D eigenvalue weighted by Gasteiger charge is -2.38. The van der Waals surface area contributed by atoms with Crippen LogP contribution in [-0.4, -0.2) is 56.9 Å². The molecule has 1 saturated heterocycles. The number of carbonyl (C=O) groups excluding carboxylic acids is 2. The molecule has 152 valence electrons. The van der Waals surface area contributed by atoms with Gasteiger partial charge < -0.3 is 9.80 Å². The standard InChI is InChI=1S/C21H22ClFN4O2/c22-19-16-8-14(11-1-2-11)9-17(23)27(16)24-20(19)21(29)25-3-4-26(18(28)10-25)15-6-12-5-13(12)7-15/h8-9,11-13,15H,1-7,10H2. The molecule has 8 heteroatoms. The largest absolute Gasteiger partial charge is 0.336 e. The van der Waals surface area contributed by atoms with Crippen molar-refractivity contribution in [2.24, 2.45) is 11.8 Å². The van der Waals surface area contributed by atoms with E-state index in [0.717, 1.165) is 47.6 Å². The first-order valence-corrected chi connectivity index (χ1v) is 10.8. The second-order valence-corrected chi connectivity index (χ2v) is 9.42. The van der Waals surface area contributed by atoms with Gasteiger partial charge in [-0.1, -0.05) is 11.6 Å². The van der Waals surface area contributed by atoms with Crippen molar-refractivity contribution >= 4 is 28.9 Å². The van der Waals surface area contributed by atoms with E-state index >= 15 is 0 Å². The highest BCUT2D eigenvalue weighted by atomic mass is 35.5. The number of rotatable bonds is 3. The van der Waals surface area contributed by atoms with Crippen LogP contribution in [-0.2, 0) is 4.79 Å². The van der Waals surface area contributed by atoms with Crippen molar-refractivity contribution in [2.75, 3.05) is 19.6 Å². The normalized spacial score (nSPS) is 28.9. The van der Waals surface area contributed by atoms with Gasteiger partial charge in [0.1, 0.15) is 6.54 Å². The Morgan fingerprint density at radius 2 is 1.90 bits per heavy atom. The molecule has 3 saturated carbocycles. The van der Waals surface area contributed by atoms with E-state index in [0.29, 0.717) is 30.6 Å². The van der Waals surface area contributed by atoms with Gasteiger partial charge in [-0.25, -0.2) is 4.52 Å². The number of amides is 2. The first kappa shape index (κ1) is 17.7. The summed E-state index contributed by atoms with van der Waals surface area (Å²) in [6.45, 7) is 1.03. The molecule has 3 heterocycles. The quantitative estimate of drug-likeness (QED) is 0.722. The van der Waals surface area contributed by atoms with Gasteiger partial charge in [-0.05, 0) is 67.6 Å². The van der Waals surface area contributed by atoms with E-state index in [4.69, 9.17) is 11.6 Å². The van der Waals surface area contributed by atoms with Crippen molar-refractivity contribution in [3.8, 4) is 0 Å². The van der Waals surface area contributed by atoms with Crippen LogP contribution < -0.4 is 0 Å². The number of halogens is 2. The molecule has 2 unspecified atom stereocenters. The van der Waals surface area contributed by atoms with Crippen LogP contribution in [0, 0.1) is 17.8 Å². The number of carbonyl (C=O) groups is 2. The number of hydrogen-bond acceptors (Lipinski definition) is 3. The Hall–Kier alpha value is -2.15. The molecule has 6 rings (SSSR count). The van der Waals surface area contributed by atoms with E-state index in [2.05, 4.69) is 5.10 Å². The second kappa shape index (κ2) is 6.17. The molecule has 0 N–H and O–H groups in total. The maximum absolute atomic E-state index is 14.5. The van der Waals surface area contributed by atoms with Crippen molar-refractivity contribution in [1.29, 1.82) is 0 Å². The average molecular weight is 417 g/mol. The summed E-state index contributed by atoms with van der Waals surface area (Å²) in [5, 5.41) is 4.29. The van der Waals surface area contributed by atoms with Crippen molar-refractivity contribution in [1.82, 2.24) is 19.4 Å². The van der Waals surface area contributed by atoms with E-state index in [-0.39, 0.29) is 23.2 Å². The van der Waals surface area contributed by atoms with E-state index < -0.39 is 11.9 Å². The monoisotopic (exact) mass is 416 g/mol. The minimum atomic E-state index is -0.522. The SMILES string of the molecule is O=C(c1nn2c(F)cc(C3CC3)cc2c1Cl)N1CCN(C2CC3CC3C2)C(=O)C1. The lowest BCUT2D eigenvalue weighted by atomic mass is 10.1. The van der Waals surface area contributed by atoms with Gasteiger partial charge in [0.2, 0.25) is 11.9 Å². The molecule has 2 amide bonds. The van der Waals surface area contributed by atoms with Gasteiger partial charge in [-0.2, -0.15) is 9.49 Å². The third-order valence-electron chi connectivity index (χ3n) is 7.11. The Morgan fingerprint density at radius 3 is 2.59 bits per heavy atom. The summed E-state index contributed by atoms with van der Waals surface area (Å²) in [4.78, 5) is 29.2. The zero-order chi connectivity index (χ0) is 19.9. The summed E-state index contributed by atoms with van der Waals surface area (Å²) >= 11 is 6.44. The van der Waals surface area contributed by atoms with E-state index in [9.17, 15) is 14.0 Å². The predicted octanol–water partition coefficient (Wildman–Crippen LogP) is 3.09. The molecule has 1 aliphatic heterocycles. The molecule has 2 aromatic rings. The molecule has 6 nitrogen and oxygen atoms in total. The first-order chi connectivity index (χ1) is 14.0. The second-order valence-electron chi connectivity index (χ2n) is 9.04. The highest BCUT2D eigenvalue weighted by Gasteiger charge is 2.49. The number of hydrogen-bond donors (Lipinski definition) is 0. The highest BCUT2D eigenvalue weighted by Crippen LogP contribution is 2.53. The van der Waals surface area contributed by atoms with Gasteiger partial charge in [0, 0.05) is 19.1 Å². The van der Waals surface area contributed by atoms with Crippen LogP contribution in [0.15, 0.2) is 12.1 Å². The van der Waals surface area contributed by atoms with Gasteiger partial charge in [0.25, 0.3) is 5.91 Å². The fraction of sp³-hybridized carbons (Fsp3) is 0.571. The summed E-state index contributed by atoms with van der Waals surface area (Å²) in [6, 6.07) is 3.62. The Labute approximate surface area is 172 Å². The van der Waals surface area contributed by atoms with Gasteiger partial charge in [0.15, 0.2) is 5.69 Å². The number of aromatic nitrogens is 2. The molecule has 0 aromatic carbocycles. The lowest BCUT2D eigenvalue weighted by molar-refractivity contribution is -0.137. The Balaban J connectivity index is 1.23. The number of fused-ring (bicyclic) bond motifs is 2. The van der Waals surface area contributed by atoms with E-state index in [1.165, 1.54) is 17.4 Å². The number of nitrogens with zero attached hydrogens (tertiary/aromatic N) is 4. The molecule has 29 heavy (non-hydrogen) atoms. The van der Waals surface area contributed by atoms with E-state index in [1.807, 2.05) is 11.0 Å². The summed E-state index contributed by atoms with van der Waals surface area (Å²) in [6.07, 6.45) is 5.61. The maximum Gasteiger partial charge on any atom is 0.276 e. The molecule has 0 spiro atoms. The number of pyridine rings is 1. The summed E-state index contributed by atoms with van der Waals surface area (Å²) in [5.41, 5.74) is 1.32. The zero-order valence-corrected chi connectivity index (χ0v) is 16.7. The third kappa shape index (κ3) is 2.85. The molecule has 3 aliphatic carbocycles. The van der Waals surface area contributed by atoms with Crippen LogP contribution in [0.4, 0.5) is 4.39 Å². The maximum atomic E-state index is 14.5. The van der Waals surface area contributed by atoms with Gasteiger partial charge in [0.05, 0.1) is 10.5 Å².